The maximum atomic E-state index is 16.3. The largest absolute Gasteiger partial charge is 0.408 e. The highest BCUT2D eigenvalue weighted by Crippen LogP contribution is 2.45. The lowest BCUT2D eigenvalue weighted by Gasteiger charge is -2.27. The zero-order valence-corrected chi connectivity index (χ0v) is 20.7. The van der Waals surface area contributed by atoms with Crippen LogP contribution < -0.4 is 15.4 Å². The van der Waals surface area contributed by atoms with Gasteiger partial charge in [0, 0.05) is 35.4 Å². The van der Waals surface area contributed by atoms with E-state index in [2.05, 4.69) is 25.8 Å². The molecule has 2 aromatic carbocycles. The van der Waals surface area contributed by atoms with E-state index in [1.54, 1.807) is 0 Å². The number of hydrogen-bond acceptors (Lipinski definition) is 8. The second kappa shape index (κ2) is 9.55. The van der Waals surface area contributed by atoms with Crippen molar-refractivity contribution in [1.29, 1.82) is 0 Å². The Bertz CT molecular complexity index is 1670. The van der Waals surface area contributed by atoms with Crippen LogP contribution >= 0.6 is 0 Å². The van der Waals surface area contributed by atoms with Gasteiger partial charge in [-0.25, -0.2) is 13.2 Å². The molecule has 200 valence electrons. The van der Waals surface area contributed by atoms with Crippen molar-refractivity contribution in [2.24, 2.45) is 5.92 Å². The average Bonchev–Trinajstić information content (AvgIpc) is 3.63. The standard InChI is InChI=1S/C28H24F3N5O3/c1-2-16-21-14(9-19(29)22(16)30)8-15(32)11-17(21)24-23(31)25-18(12-33-24)26(35-27(34-25)39-28(37)38)36-7-5-3-4-6-13-10-20(13)36/h1,8-9,11-13,20,28,37-38H,3-7,10,32H2. The zero-order valence-electron chi connectivity index (χ0n) is 20.7. The summed E-state index contributed by atoms with van der Waals surface area (Å²) in [5, 5.41) is 19.4. The van der Waals surface area contributed by atoms with Crippen molar-refractivity contribution < 1.29 is 28.1 Å². The van der Waals surface area contributed by atoms with E-state index < -0.39 is 35.5 Å². The summed E-state index contributed by atoms with van der Waals surface area (Å²) in [5.74, 6) is -0.290. The van der Waals surface area contributed by atoms with Crippen LogP contribution in [0.5, 0.6) is 6.01 Å². The van der Waals surface area contributed by atoms with Crippen LogP contribution in [0.3, 0.4) is 0 Å². The minimum atomic E-state index is -2.23. The highest BCUT2D eigenvalue weighted by Gasteiger charge is 2.43. The van der Waals surface area contributed by atoms with Gasteiger partial charge in [-0.1, -0.05) is 18.8 Å². The Hall–Kier alpha value is -4.14. The predicted molar refractivity (Wildman–Crippen MR) is 139 cm³/mol. The first-order chi connectivity index (χ1) is 18.8. The molecule has 11 heteroatoms. The molecule has 3 heterocycles. The fraction of sp³-hybridized carbons (Fsp3) is 0.321. The van der Waals surface area contributed by atoms with E-state index in [4.69, 9.17) is 16.9 Å². The van der Waals surface area contributed by atoms with Crippen molar-refractivity contribution in [2.45, 2.75) is 44.6 Å². The van der Waals surface area contributed by atoms with Crippen molar-refractivity contribution in [1.82, 2.24) is 15.0 Å². The molecule has 2 aliphatic rings. The molecule has 2 aromatic heterocycles. The molecule has 2 unspecified atom stereocenters. The molecule has 8 nitrogen and oxygen atoms in total. The van der Waals surface area contributed by atoms with Crippen molar-refractivity contribution in [3.05, 3.63) is 47.4 Å². The predicted octanol–water partition coefficient (Wildman–Crippen LogP) is 4.24. The van der Waals surface area contributed by atoms with Crippen LogP contribution in [0.15, 0.2) is 24.4 Å². The minimum absolute atomic E-state index is 0.0505. The van der Waals surface area contributed by atoms with Gasteiger partial charge in [-0.15, -0.1) is 6.42 Å². The summed E-state index contributed by atoms with van der Waals surface area (Å²) in [6, 6.07) is 3.50. The number of nitrogens with zero attached hydrogens (tertiary/aromatic N) is 4. The van der Waals surface area contributed by atoms with Crippen LogP contribution in [0.25, 0.3) is 32.9 Å². The van der Waals surface area contributed by atoms with Gasteiger partial charge in [0.25, 0.3) is 0 Å². The number of aromatic nitrogens is 3. The van der Waals surface area contributed by atoms with Gasteiger partial charge in [-0.2, -0.15) is 9.97 Å². The van der Waals surface area contributed by atoms with Crippen LogP contribution in [-0.4, -0.2) is 44.2 Å². The molecule has 39 heavy (non-hydrogen) atoms. The van der Waals surface area contributed by atoms with Crippen molar-refractivity contribution >= 4 is 33.2 Å². The molecule has 0 spiro atoms. The Morgan fingerprint density at radius 1 is 1.10 bits per heavy atom. The van der Waals surface area contributed by atoms with E-state index in [0.717, 1.165) is 38.2 Å². The van der Waals surface area contributed by atoms with Crippen LogP contribution in [0, 0.1) is 35.7 Å². The number of fused-ring (bicyclic) bond motifs is 3. The molecule has 0 amide bonds. The van der Waals surface area contributed by atoms with Crippen LogP contribution in [0.1, 0.15) is 37.7 Å². The molecule has 2 atom stereocenters. The highest BCUT2D eigenvalue weighted by molar-refractivity contribution is 6.03. The van der Waals surface area contributed by atoms with E-state index >= 15 is 4.39 Å². The minimum Gasteiger partial charge on any atom is -0.408 e. The van der Waals surface area contributed by atoms with Gasteiger partial charge in [0.15, 0.2) is 17.5 Å². The number of benzene rings is 2. The Balaban J connectivity index is 1.60. The quantitative estimate of drug-likeness (QED) is 0.202. The summed E-state index contributed by atoms with van der Waals surface area (Å²) in [4.78, 5) is 15.0. The Labute approximate surface area is 221 Å². The van der Waals surface area contributed by atoms with Gasteiger partial charge < -0.3 is 25.6 Å². The normalized spacial score (nSPS) is 19.1. The number of anilines is 2. The second-order valence-electron chi connectivity index (χ2n) is 9.92. The number of aliphatic hydroxyl groups is 2. The molecule has 1 saturated carbocycles. The first-order valence-electron chi connectivity index (χ1n) is 12.6. The summed E-state index contributed by atoms with van der Waals surface area (Å²) >= 11 is 0. The van der Waals surface area contributed by atoms with Gasteiger partial charge >= 0.3 is 12.5 Å². The molecule has 1 aliphatic heterocycles. The maximum Gasteiger partial charge on any atom is 0.323 e. The summed E-state index contributed by atoms with van der Waals surface area (Å²) < 4.78 is 50.2. The number of rotatable bonds is 4. The summed E-state index contributed by atoms with van der Waals surface area (Å²) in [7, 11) is 0. The molecule has 1 saturated heterocycles. The molecule has 4 N–H and O–H groups in total. The van der Waals surface area contributed by atoms with E-state index in [1.807, 2.05) is 0 Å². The fourth-order valence-corrected chi connectivity index (χ4v) is 5.63. The third kappa shape index (κ3) is 4.35. The van der Waals surface area contributed by atoms with E-state index in [0.29, 0.717) is 23.7 Å². The first-order valence-corrected chi connectivity index (χ1v) is 12.6. The molecule has 0 bridgehead atoms. The van der Waals surface area contributed by atoms with Crippen molar-refractivity contribution in [3.63, 3.8) is 0 Å². The SMILES string of the molecule is C#Cc1c(F)c(F)cc2cc(N)cc(-c3ncc4c(N5CCCCCC6CC65)nc(OC(O)O)nc4c3F)c12. The number of nitrogen functional groups attached to an aromatic ring is 1. The Morgan fingerprint density at radius 2 is 1.92 bits per heavy atom. The molecule has 4 aromatic rings. The first kappa shape index (κ1) is 25.2. The van der Waals surface area contributed by atoms with Crippen LogP contribution in [0.2, 0.25) is 0 Å². The average molecular weight is 536 g/mol. The lowest BCUT2D eigenvalue weighted by molar-refractivity contribution is -0.183. The van der Waals surface area contributed by atoms with E-state index in [1.165, 1.54) is 18.3 Å². The molecule has 1 aliphatic carbocycles. The number of pyridine rings is 1. The number of halogens is 3. The third-order valence-electron chi connectivity index (χ3n) is 7.44. The van der Waals surface area contributed by atoms with Gasteiger partial charge in [0.05, 0.1) is 10.9 Å². The van der Waals surface area contributed by atoms with E-state index in [-0.39, 0.29) is 39.3 Å². The molecule has 6 rings (SSSR count). The number of nitrogens with two attached hydrogens (primary N) is 1. The number of hydrogen-bond donors (Lipinski definition) is 3. The monoisotopic (exact) mass is 535 g/mol. The number of terminal acetylenes is 1. The lowest BCUT2D eigenvalue weighted by atomic mass is 9.95. The van der Waals surface area contributed by atoms with Gasteiger partial charge in [-0.3, -0.25) is 4.98 Å². The summed E-state index contributed by atoms with van der Waals surface area (Å²) in [5.41, 5.74) is 5.40. The topological polar surface area (TPSA) is 118 Å². The highest BCUT2D eigenvalue weighted by atomic mass is 19.2. The van der Waals surface area contributed by atoms with Crippen molar-refractivity contribution in [3.8, 4) is 29.6 Å². The van der Waals surface area contributed by atoms with Gasteiger partial charge in [-0.05, 0) is 48.8 Å². The molecule has 2 fully saturated rings. The number of ether oxygens (including phenoxy) is 1. The molecule has 0 radical (unpaired) electrons. The second-order valence-corrected chi connectivity index (χ2v) is 9.92. The Kier molecular flexibility index (Phi) is 6.16. The lowest BCUT2D eigenvalue weighted by Crippen LogP contribution is -2.31. The van der Waals surface area contributed by atoms with Crippen molar-refractivity contribution in [2.75, 3.05) is 17.2 Å². The van der Waals surface area contributed by atoms with E-state index in [9.17, 15) is 19.0 Å². The van der Waals surface area contributed by atoms with Gasteiger partial charge in [0.2, 0.25) is 0 Å². The zero-order chi connectivity index (χ0) is 27.4. The summed E-state index contributed by atoms with van der Waals surface area (Å²) in [6.07, 6.45) is 12.1. The maximum absolute atomic E-state index is 16.3. The Morgan fingerprint density at radius 3 is 2.69 bits per heavy atom. The molecular weight excluding hydrogens is 511 g/mol. The number of aliphatic hydroxyl groups excluding tert-OH is 1. The fourth-order valence-electron chi connectivity index (χ4n) is 5.63. The van der Waals surface area contributed by atoms with Crippen LogP contribution in [0.4, 0.5) is 24.7 Å². The smallest absolute Gasteiger partial charge is 0.323 e. The van der Waals surface area contributed by atoms with Crippen LogP contribution in [-0.2, 0) is 0 Å². The summed E-state index contributed by atoms with van der Waals surface area (Å²) in [6.45, 7) is -1.55. The third-order valence-corrected chi connectivity index (χ3v) is 7.44. The molecular formula is C28H24F3N5O3. The van der Waals surface area contributed by atoms with Gasteiger partial charge in [0.1, 0.15) is 17.0 Å².